The molecular weight excluding hydrogens is 535 g/mol. The zero-order chi connectivity index (χ0) is 26.5. The first-order valence-electron chi connectivity index (χ1n) is 11.8. The molecule has 2 aliphatic heterocycles. The summed E-state index contributed by atoms with van der Waals surface area (Å²) in [5, 5.41) is 23.9. The molecule has 0 bridgehead atoms. The number of imidazole rings is 1. The van der Waals surface area contributed by atoms with Crippen LogP contribution in [-0.2, 0) is 22.9 Å². The SMILES string of the molecule is C[C@@]1(O)[C@H](O)[C@@H](CO[P@@]2(=O)OCC[C@@H](c3cncc(-c4cccs4)c3)O2)O[C@H]1n1cnc2c(N)ncnc21. The first kappa shape index (κ1) is 25.5. The Morgan fingerprint density at radius 3 is 3.03 bits per heavy atom. The number of ether oxygens (including phenoxy) is 1. The summed E-state index contributed by atoms with van der Waals surface area (Å²) in [7, 11) is -4.01. The summed E-state index contributed by atoms with van der Waals surface area (Å²) in [6.45, 7) is 1.19. The number of anilines is 1. The number of nitrogen functional groups attached to an aromatic ring is 1. The number of pyridine rings is 1. The molecule has 6 atom stereocenters. The zero-order valence-electron chi connectivity index (χ0n) is 20.2. The average Bonchev–Trinajstić information content (AvgIpc) is 3.64. The van der Waals surface area contributed by atoms with Gasteiger partial charge >= 0.3 is 7.82 Å². The van der Waals surface area contributed by atoms with Gasteiger partial charge in [0.05, 0.1) is 25.6 Å². The number of thiophene rings is 1. The normalized spacial score (nSPS) is 31.7. The summed E-state index contributed by atoms with van der Waals surface area (Å²) in [6.07, 6.45) is 2.43. The van der Waals surface area contributed by atoms with Gasteiger partial charge in [-0.15, -0.1) is 11.3 Å². The van der Waals surface area contributed by atoms with Crippen molar-refractivity contribution in [1.29, 1.82) is 0 Å². The van der Waals surface area contributed by atoms with Crippen molar-refractivity contribution in [3.05, 3.63) is 54.2 Å². The Morgan fingerprint density at radius 2 is 2.21 bits per heavy atom. The highest BCUT2D eigenvalue weighted by molar-refractivity contribution is 7.48. The minimum absolute atomic E-state index is 0.141. The lowest BCUT2D eigenvalue weighted by molar-refractivity contribution is -0.0953. The van der Waals surface area contributed by atoms with Crippen molar-refractivity contribution in [1.82, 2.24) is 24.5 Å². The maximum Gasteiger partial charge on any atom is 0.475 e. The number of aliphatic hydroxyl groups excluding tert-OH is 1. The van der Waals surface area contributed by atoms with Gasteiger partial charge in [-0.1, -0.05) is 6.07 Å². The van der Waals surface area contributed by atoms with E-state index in [0.717, 1.165) is 16.0 Å². The summed E-state index contributed by atoms with van der Waals surface area (Å²) < 4.78 is 37.5. The number of nitrogens with two attached hydrogens (primary N) is 1. The van der Waals surface area contributed by atoms with Gasteiger partial charge < -0.3 is 20.7 Å². The second-order valence-corrected chi connectivity index (χ2v) is 11.8. The number of phosphoric acid groups is 1. The fourth-order valence-corrected chi connectivity index (χ4v) is 6.70. The summed E-state index contributed by atoms with van der Waals surface area (Å²) in [5.74, 6) is 0.169. The molecule has 0 spiro atoms. The number of aromatic nitrogens is 5. The van der Waals surface area contributed by atoms with Crippen molar-refractivity contribution in [3.8, 4) is 10.4 Å². The van der Waals surface area contributed by atoms with E-state index in [1.807, 2.05) is 23.6 Å². The van der Waals surface area contributed by atoms with E-state index in [2.05, 4.69) is 19.9 Å². The van der Waals surface area contributed by atoms with Crippen LogP contribution >= 0.6 is 19.2 Å². The van der Waals surface area contributed by atoms with Gasteiger partial charge in [-0.3, -0.25) is 23.1 Å². The Bertz CT molecular complexity index is 1500. The maximum atomic E-state index is 13.3. The van der Waals surface area contributed by atoms with E-state index in [1.54, 1.807) is 23.7 Å². The lowest BCUT2D eigenvalue weighted by Gasteiger charge is -2.30. The highest BCUT2D eigenvalue weighted by Gasteiger charge is 2.54. The summed E-state index contributed by atoms with van der Waals surface area (Å²) in [4.78, 5) is 17.6. The van der Waals surface area contributed by atoms with E-state index in [0.29, 0.717) is 17.6 Å². The molecule has 2 fully saturated rings. The molecule has 2 saturated heterocycles. The molecule has 0 saturated carbocycles. The van der Waals surface area contributed by atoms with Gasteiger partial charge in [0.2, 0.25) is 0 Å². The zero-order valence-corrected chi connectivity index (χ0v) is 21.9. The van der Waals surface area contributed by atoms with E-state index in [4.69, 9.17) is 24.0 Å². The van der Waals surface area contributed by atoms with Crippen LogP contribution in [0.5, 0.6) is 0 Å². The van der Waals surface area contributed by atoms with Crippen molar-refractivity contribution >= 4 is 36.1 Å². The molecule has 0 aromatic carbocycles. The number of hydrogen-bond donors (Lipinski definition) is 3. The lowest BCUT2D eigenvalue weighted by atomic mass is 9.96. The van der Waals surface area contributed by atoms with Gasteiger partial charge in [0.25, 0.3) is 0 Å². The van der Waals surface area contributed by atoms with Crippen LogP contribution in [-0.4, -0.2) is 65.7 Å². The molecule has 38 heavy (non-hydrogen) atoms. The lowest BCUT2D eigenvalue weighted by Crippen LogP contribution is -2.44. The van der Waals surface area contributed by atoms with Crippen LogP contribution in [0.2, 0.25) is 0 Å². The van der Waals surface area contributed by atoms with Gasteiger partial charge in [0, 0.05) is 34.8 Å². The number of fused-ring (bicyclic) bond motifs is 1. The van der Waals surface area contributed by atoms with Crippen LogP contribution in [0.1, 0.15) is 31.2 Å². The van der Waals surface area contributed by atoms with Crippen molar-refractivity contribution in [3.63, 3.8) is 0 Å². The molecule has 0 unspecified atom stereocenters. The molecule has 4 aromatic heterocycles. The van der Waals surface area contributed by atoms with Crippen LogP contribution < -0.4 is 5.73 Å². The molecule has 0 amide bonds. The standard InChI is InChI=1S/C23H25N6O7PS/c1-23(31)19(30)16(35-22(23)29-12-28-18-20(24)26-11-27-21(18)29)10-34-37(32)33-5-4-15(36-37)13-7-14(9-25-8-13)17-3-2-6-38-17/h2-3,6-9,11-12,15-16,19,22,30-31H,4-5,10H2,1H3,(H2,24,26,27)/t15-,16+,19+,22+,23+,37+/m0/s1. The Balaban J connectivity index is 1.16. The first-order chi connectivity index (χ1) is 18.2. The van der Waals surface area contributed by atoms with E-state index in [-0.39, 0.29) is 19.0 Å². The fraction of sp³-hybridized carbons (Fsp3) is 0.391. The molecule has 2 aliphatic rings. The molecule has 6 rings (SSSR count). The van der Waals surface area contributed by atoms with E-state index in [9.17, 15) is 14.8 Å². The van der Waals surface area contributed by atoms with E-state index >= 15 is 0 Å². The Hall–Kier alpha value is -2.81. The smallest absolute Gasteiger partial charge is 0.387 e. The largest absolute Gasteiger partial charge is 0.475 e. The molecule has 4 aromatic rings. The summed E-state index contributed by atoms with van der Waals surface area (Å²) in [6, 6.07) is 5.89. The highest BCUT2D eigenvalue weighted by atomic mass is 32.1. The number of phosphoric ester groups is 1. The predicted molar refractivity (Wildman–Crippen MR) is 136 cm³/mol. The Labute approximate surface area is 220 Å². The van der Waals surface area contributed by atoms with Crippen molar-refractivity contribution in [2.45, 2.75) is 43.5 Å². The molecule has 0 aliphatic carbocycles. The van der Waals surface area contributed by atoms with Gasteiger partial charge in [-0.25, -0.2) is 19.5 Å². The monoisotopic (exact) mass is 560 g/mol. The second kappa shape index (κ2) is 9.74. The summed E-state index contributed by atoms with van der Waals surface area (Å²) >= 11 is 1.59. The Morgan fingerprint density at radius 1 is 1.34 bits per heavy atom. The van der Waals surface area contributed by atoms with Crippen LogP contribution in [0.25, 0.3) is 21.6 Å². The van der Waals surface area contributed by atoms with Crippen molar-refractivity contribution in [2.24, 2.45) is 0 Å². The maximum absolute atomic E-state index is 13.3. The second-order valence-electron chi connectivity index (χ2n) is 9.22. The number of aliphatic hydroxyl groups is 2. The molecule has 4 N–H and O–H groups in total. The van der Waals surface area contributed by atoms with Gasteiger partial charge in [-0.05, 0) is 24.4 Å². The Kier molecular flexibility index (Phi) is 6.53. The topological polar surface area (TPSA) is 177 Å². The van der Waals surface area contributed by atoms with Gasteiger partial charge in [-0.2, -0.15) is 0 Å². The van der Waals surface area contributed by atoms with E-state index < -0.39 is 38.0 Å². The highest BCUT2D eigenvalue weighted by Crippen LogP contribution is 2.57. The molecule has 15 heteroatoms. The molecule has 6 heterocycles. The fourth-order valence-electron chi connectivity index (χ4n) is 4.60. The molecule has 13 nitrogen and oxygen atoms in total. The molecule has 0 radical (unpaired) electrons. The van der Waals surface area contributed by atoms with Gasteiger partial charge in [0.15, 0.2) is 17.7 Å². The third kappa shape index (κ3) is 4.52. The number of rotatable bonds is 6. The third-order valence-corrected chi connectivity index (χ3v) is 9.01. The van der Waals surface area contributed by atoms with E-state index in [1.165, 1.54) is 24.1 Å². The van der Waals surface area contributed by atoms with Crippen molar-refractivity contribution < 1.29 is 33.1 Å². The van der Waals surface area contributed by atoms with Gasteiger partial charge in [0.1, 0.15) is 29.7 Å². The molecule has 200 valence electrons. The number of nitrogens with zero attached hydrogens (tertiary/aromatic N) is 5. The summed E-state index contributed by atoms with van der Waals surface area (Å²) in [5.41, 5.74) is 6.43. The minimum Gasteiger partial charge on any atom is -0.387 e. The van der Waals surface area contributed by atoms with Crippen LogP contribution in [0, 0.1) is 0 Å². The van der Waals surface area contributed by atoms with Crippen LogP contribution in [0.3, 0.4) is 0 Å². The van der Waals surface area contributed by atoms with Crippen molar-refractivity contribution in [2.75, 3.05) is 18.9 Å². The number of hydrogen-bond acceptors (Lipinski definition) is 13. The van der Waals surface area contributed by atoms with Crippen LogP contribution in [0.4, 0.5) is 5.82 Å². The molecular formula is C23H25N6O7PS. The van der Waals surface area contributed by atoms with Crippen LogP contribution in [0.15, 0.2) is 48.6 Å². The predicted octanol–water partition coefficient (Wildman–Crippen LogP) is 2.84. The third-order valence-electron chi connectivity index (χ3n) is 6.61. The quantitative estimate of drug-likeness (QED) is 0.294. The minimum atomic E-state index is -4.01. The first-order valence-corrected chi connectivity index (χ1v) is 14.1. The average molecular weight is 561 g/mol.